The molecule has 0 nitrogen and oxygen atoms in total. The molecule has 0 saturated heterocycles. The van der Waals surface area contributed by atoms with Gasteiger partial charge < -0.3 is 0 Å². The molecular weight excluding hydrogens is 1730 g/mol. The molecule has 18 rings (SSSR count). The van der Waals surface area contributed by atoms with Gasteiger partial charge in [0.1, 0.15) is 0 Å². The number of hydrogen-bond acceptors (Lipinski definition) is 10. The summed E-state index contributed by atoms with van der Waals surface area (Å²) < 4.78 is 0. The van der Waals surface area contributed by atoms with Crippen LogP contribution in [0.5, 0.6) is 0 Å². The van der Waals surface area contributed by atoms with Crippen LogP contribution in [-0.2, 0) is 16.2 Å². The van der Waals surface area contributed by atoms with Crippen molar-refractivity contribution in [1.82, 2.24) is 0 Å². The van der Waals surface area contributed by atoms with Crippen LogP contribution in [0.1, 0.15) is 108 Å². The second-order valence-electron chi connectivity index (χ2n) is 29.7. The second kappa shape index (κ2) is 44.9. The molecule has 0 saturated carbocycles. The van der Waals surface area contributed by atoms with Crippen LogP contribution >= 0.6 is 126 Å². The van der Waals surface area contributed by atoms with Crippen LogP contribution < -0.4 is 0 Å². The van der Waals surface area contributed by atoms with Crippen molar-refractivity contribution in [3.05, 3.63) is 516 Å². The number of benzene rings is 18. The summed E-state index contributed by atoms with van der Waals surface area (Å²) in [5.74, 6) is 0. The lowest BCUT2D eigenvalue weighted by Crippen LogP contribution is -2.32. The molecule has 18 aromatic carbocycles. The van der Waals surface area contributed by atoms with Gasteiger partial charge in [-0.3, -0.25) is 0 Å². The van der Waals surface area contributed by atoms with E-state index >= 15 is 0 Å². The maximum atomic E-state index is 5.11. The van der Waals surface area contributed by atoms with Crippen LogP contribution in [0, 0.1) is 0 Å². The van der Waals surface area contributed by atoms with E-state index in [9.17, 15) is 0 Å². The molecule has 0 radical (unpaired) electrons. The molecule has 0 aromatic heterocycles. The highest BCUT2D eigenvalue weighted by molar-refractivity contribution is 7.82. The minimum atomic E-state index is -0.699. The van der Waals surface area contributed by atoms with Crippen molar-refractivity contribution >= 4 is 126 Å². The molecule has 0 aliphatic rings. The topological polar surface area (TPSA) is 0 Å². The van der Waals surface area contributed by atoms with E-state index in [2.05, 4.69) is 401 Å². The van der Waals surface area contributed by atoms with Crippen LogP contribution in [0.25, 0.3) is 66.8 Å². The van der Waals surface area contributed by atoms with Gasteiger partial charge in [0.2, 0.25) is 0 Å². The molecule has 0 fully saturated rings. The van der Waals surface area contributed by atoms with E-state index in [0.29, 0.717) is 0 Å². The van der Waals surface area contributed by atoms with Crippen LogP contribution in [-0.4, -0.2) is 0 Å². The Bertz CT molecular complexity index is 6190. The Morgan fingerprint density at radius 2 is 0.339 bits per heavy atom. The zero-order valence-electron chi connectivity index (χ0n) is 71.7. The van der Waals surface area contributed by atoms with E-state index in [4.69, 9.17) is 101 Å². The van der Waals surface area contributed by atoms with Gasteiger partial charge in [-0.25, -0.2) is 0 Å². The predicted molar refractivity (Wildman–Crippen MR) is 573 cm³/mol. The van der Waals surface area contributed by atoms with E-state index in [0.717, 1.165) is 149 Å². The largest absolute Gasteiger partial charge is 0.143 e. The number of rotatable bonds is 18. The third-order valence-corrected chi connectivity index (χ3v) is 26.4. The molecule has 0 aliphatic heterocycles. The Kier molecular flexibility index (Phi) is 33.3. The number of hydrogen-bond donors (Lipinski definition) is 10. The first-order valence-corrected chi connectivity index (χ1v) is 47.2. The van der Waals surface area contributed by atoms with Crippen LogP contribution in [0.3, 0.4) is 0 Å². The molecule has 0 bridgehead atoms. The average molecular weight is 1830 g/mol. The Morgan fingerprint density at radius 1 is 0.134 bits per heavy atom. The van der Waals surface area contributed by atoms with Crippen molar-refractivity contribution in [3.8, 4) is 66.8 Å². The summed E-state index contributed by atoms with van der Waals surface area (Å²) in [4.78, 5) is 9.23. The fourth-order valence-corrected chi connectivity index (χ4v) is 19.5. The molecule has 0 spiro atoms. The van der Waals surface area contributed by atoms with Gasteiger partial charge in [0.05, 0.1) is 16.2 Å². The van der Waals surface area contributed by atoms with Gasteiger partial charge in [0.25, 0.3) is 0 Å². The lowest BCUT2D eigenvalue weighted by Gasteiger charge is -2.39. The highest BCUT2D eigenvalue weighted by Crippen LogP contribution is 2.54. The SMILES string of the molecule is CC.CC.CC.Sc1ccc(-c2ccc(S)c(C(c3ccccc3)(c3ccccc3)c3cc(-c4ccc(S)cc4)ccc3S)c2)cc1.Sc1ccc(C(c2ccccc2)(c2ccccc2)c2ccc(S)c(-c3ccccc3)c2)cc1-c1ccccc1.Sc1ccccc1-c1cc(C(c2ccccc2)(c2ccccc2)c2ccc(S)c(-c3ccccc3S)c2)ccc1S. The van der Waals surface area contributed by atoms with E-state index in [1.54, 1.807) is 0 Å². The molecule has 18 aromatic rings. The van der Waals surface area contributed by atoms with Crippen LogP contribution in [0.15, 0.2) is 498 Å². The first kappa shape index (κ1) is 94.1. The zero-order chi connectivity index (χ0) is 89.5. The minimum absolute atomic E-state index is 0.571. The molecule has 10 heteroatoms. The molecule has 0 aliphatic carbocycles. The van der Waals surface area contributed by atoms with Gasteiger partial charge in [-0.05, 0) is 243 Å². The van der Waals surface area contributed by atoms with Crippen LogP contribution in [0.4, 0.5) is 0 Å². The van der Waals surface area contributed by atoms with Gasteiger partial charge >= 0.3 is 0 Å². The van der Waals surface area contributed by atoms with Gasteiger partial charge in [-0.15, -0.1) is 126 Å². The van der Waals surface area contributed by atoms with Crippen molar-refractivity contribution in [3.63, 3.8) is 0 Å². The van der Waals surface area contributed by atoms with E-state index in [1.165, 1.54) is 33.4 Å². The average Bonchev–Trinajstić information content (AvgIpc) is 0.734. The molecule has 0 N–H and O–H groups in total. The lowest BCUT2D eigenvalue weighted by atomic mass is 9.64. The molecule has 0 unspecified atom stereocenters. The Labute approximate surface area is 807 Å². The van der Waals surface area contributed by atoms with Crippen LogP contribution in [0.2, 0.25) is 0 Å². The standard InChI is InChI=1S/2C37H28S4.C37H28S2.3C2H6/c38-33-17-9-7-15-29(33)31-23-27(19-21-35(31)40)37(25-11-3-1-4-12-25,26-13-5-2-6-14-26)28-20-22-36(41)32(24-28)30-16-8-10-18-34(30)39;38-31-17-11-25(12-18-31)27-15-21-35(40)33(23-27)37(29-7-3-1-4-8-29,30-9-5-2-6-10-30)34-24-28(16-22-36(34)41)26-13-19-32(39)20-14-26;38-35-23-21-31(25-33(35)27-13-5-1-6-14-27)37(29-17-9-3-10-18-29,30-19-11-4-12-20-30)32-22-24-36(39)34(26-32)28-15-7-2-8-16-28;3*1-2/h2*1-24,38-41H;1-26,38-39H;3*1-2H3. The molecule has 630 valence electrons. The van der Waals surface area contributed by atoms with E-state index < -0.39 is 16.2 Å². The summed E-state index contributed by atoms with van der Waals surface area (Å²) in [6, 6.07) is 158. The van der Waals surface area contributed by atoms with Crippen molar-refractivity contribution in [2.75, 3.05) is 0 Å². The second-order valence-corrected chi connectivity index (χ2v) is 34.6. The summed E-state index contributed by atoms with van der Waals surface area (Å²) in [5, 5.41) is 0. The summed E-state index contributed by atoms with van der Waals surface area (Å²) in [6.45, 7) is 12.0. The highest BCUT2D eigenvalue weighted by atomic mass is 32.1. The van der Waals surface area contributed by atoms with E-state index in [1.807, 2.05) is 114 Å². The minimum Gasteiger partial charge on any atom is -0.143 e. The lowest BCUT2D eigenvalue weighted by molar-refractivity contribution is 0.713. The Balaban J connectivity index is 0.000000158. The number of thiol groups is 10. The Morgan fingerprint density at radius 3 is 0.606 bits per heavy atom. The molecular formula is C117H102S10. The first-order chi connectivity index (χ1) is 62.1. The maximum absolute atomic E-state index is 5.11. The molecule has 0 heterocycles. The van der Waals surface area contributed by atoms with Crippen molar-refractivity contribution in [2.24, 2.45) is 0 Å². The molecule has 0 atom stereocenters. The molecule has 127 heavy (non-hydrogen) atoms. The fraction of sp³-hybridized carbons (Fsp3) is 0.0769. The van der Waals surface area contributed by atoms with Gasteiger partial charge in [-0.1, -0.05) is 381 Å². The fourth-order valence-electron chi connectivity index (χ4n) is 17.0. The maximum Gasteiger partial charge on any atom is 0.0723 e. The molecule has 0 amide bonds. The quantitative estimate of drug-likeness (QED) is 0.0294. The van der Waals surface area contributed by atoms with Gasteiger partial charge in [0, 0.05) is 49.0 Å². The summed E-state index contributed by atoms with van der Waals surface area (Å²) >= 11 is 48.4. The van der Waals surface area contributed by atoms with Crippen molar-refractivity contribution in [2.45, 2.75) is 107 Å². The zero-order valence-corrected chi connectivity index (χ0v) is 80.6. The highest BCUT2D eigenvalue weighted by Gasteiger charge is 2.44. The van der Waals surface area contributed by atoms with Crippen molar-refractivity contribution in [1.29, 1.82) is 0 Å². The summed E-state index contributed by atoms with van der Waals surface area (Å²) in [6.07, 6.45) is 0. The van der Waals surface area contributed by atoms with Gasteiger partial charge in [-0.2, -0.15) is 0 Å². The van der Waals surface area contributed by atoms with E-state index in [-0.39, 0.29) is 0 Å². The first-order valence-electron chi connectivity index (χ1n) is 42.7. The normalized spacial score (nSPS) is 11.0. The monoisotopic (exact) mass is 1830 g/mol. The van der Waals surface area contributed by atoms with Gasteiger partial charge in [0.15, 0.2) is 0 Å². The summed E-state index contributed by atoms with van der Waals surface area (Å²) in [7, 11) is 0. The Hall–Kier alpha value is -10.5. The predicted octanol–water partition coefficient (Wildman–Crippen LogP) is 34.2. The summed E-state index contributed by atoms with van der Waals surface area (Å²) in [5.41, 5.74) is 25.1. The third kappa shape index (κ3) is 20.5. The third-order valence-electron chi connectivity index (χ3n) is 22.7. The van der Waals surface area contributed by atoms with Crippen molar-refractivity contribution < 1.29 is 0 Å². The smallest absolute Gasteiger partial charge is 0.0723 e.